The molecule has 0 spiro atoms. The number of hydrogen-bond donors (Lipinski definition) is 2. The van der Waals surface area contributed by atoms with Gasteiger partial charge < -0.3 is 24.5 Å². The number of nitrogens with zero attached hydrogens (tertiary/aromatic N) is 5. The van der Waals surface area contributed by atoms with Crippen molar-refractivity contribution in [3.63, 3.8) is 0 Å². The van der Waals surface area contributed by atoms with E-state index in [9.17, 15) is 22.0 Å². The monoisotopic (exact) mass is 578 g/mol. The highest BCUT2D eigenvalue weighted by molar-refractivity contribution is 5.73. The van der Waals surface area contributed by atoms with Crippen molar-refractivity contribution in [2.45, 2.75) is 33.1 Å². The molecule has 4 aromatic rings. The molecule has 9 nitrogen and oxygen atoms in total. The van der Waals surface area contributed by atoms with Gasteiger partial charge in [0.2, 0.25) is 5.95 Å². The van der Waals surface area contributed by atoms with Crippen LogP contribution in [-0.4, -0.2) is 69.4 Å². The van der Waals surface area contributed by atoms with E-state index < -0.39 is 18.8 Å². The van der Waals surface area contributed by atoms with E-state index in [0.717, 1.165) is 65.9 Å². The zero-order valence-electron chi connectivity index (χ0n) is 22.1. The van der Waals surface area contributed by atoms with E-state index in [2.05, 4.69) is 20.2 Å². The first-order valence-corrected chi connectivity index (χ1v) is 12.5. The minimum absolute atomic E-state index is 0.177. The lowest BCUT2D eigenvalue weighted by Gasteiger charge is -2.27. The summed E-state index contributed by atoms with van der Waals surface area (Å²) in [5, 5.41) is 10.5. The number of nitrogens with one attached hydrogen (secondary N) is 1. The van der Waals surface area contributed by atoms with E-state index in [1.165, 1.54) is 0 Å². The summed E-state index contributed by atoms with van der Waals surface area (Å²) < 4.78 is 64.3. The van der Waals surface area contributed by atoms with Crippen LogP contribution in [0.2, 0.25) is 0 Å². The van der Waals surface area contributed by atoms with Gasteiger partial charge in [-0.05, 0) is 31.5 Å². The Morgan fingerprint density at radius 1 is 1.12 bits per heavy atom. The van der Waals surface area contributed by atoms with E-state index >= 15 is 0 Å². The van der Waals surface area contributed by atoms with Crippen LogP contribution in [0, 0.1) is 13.8 Å². The van der Waals surface area contributed by atoms with Gasteiger partial charge in [-0.25, -0.2) is 19.7 Å². The number of hydrogen-bond acceptors (Lipinski definition) is 7. The third kappa shape index (κ3) is 7.25. The second-order valence-electron chi connectivity index (χ2n) is 9.22. The molecule has 0 unspecified atom stereocenters. The predicted octanol–water partition coefficient (Wildman–Crippen LogP) is 4.64. The van der Waals surface area contributed by atoms with Crippen molar-refractivity contribution in [2.75, 3.05) is 31.1 Å². The van der Waals surface area contributed by atoms with Crippen molar-refractivity contribution >= 4 is 17.6 Å². The summed E-state index contributed by atoms with van der Waals surface area (Å²) in [6.07, 6.45) is 1.07. The Morgan fingerprint density at radius 3 is 2.37 bits per heavy atom. The van der Waals surface area contributed by atoms with Crippen LogP contribution in [0.5, 0.6) is 5.75 Å². The van der Waals surface area contributed by atoms with Gasteiger partial charge in [0, 0.05) is 73.6 Å². The van der Waals surface area contributed by atoms with E-state index in [1.807, 2.05) is 49.0 Å². The van der Waals surface area contributed by atoms with Crippen LogP contribution in [0.1, 0.15) is 22.5 Å². The normalized spacial score (nSPS) is 13.7. The number of carboxylic acid groups (broad SMARTS) is 1. The van der Waals surface area contributed by atoms with E-state index in [0.29, 0.717) is 12.0 Å². The summed E-state index contributed by atoms with van der Waals surface area (Å²) in [6, 6.07) is 8.89. The molecular formula is C27H27F5N6O3. The highest BCUT2D eigenvalue weighted by atomic mass is 19.4. The Labute approximate surface area is 231 Å². The topological polar surface area (TPSA) is 105 Å². The molecule has 218 valence electrons. The second-order valence-corrected chi connectivity index (χ2v) is 9.22. The average molecular weight is 579 g/mol. The lowest BCUT2D eigenvalue weighted by molar-refractivity contribution is -0.192. The fraction of sp³-hybridized carbons (Fsp3) is 0.333. The molecule has 1 aliphatic heterocycles. The molecule has 1 aromatic carbocycles. The van der Waals surface area contributed by atoms with Gasteiger partial charge in [0.25, 0.3) is 0 Å². The molecule has 0 bridgehead atoms. The molecule has 0 radical (unpaired) electrons. The van der Waals surface area contributed by atoms with Crippen molar-refractivity contribution in [1.82, 2.24) is 24.7 Å². The second kappa shape index (κ2) is 12.5. The molecule has 2 N–H and O–H groups in total. The highest BCUT2D eigenvalue weighted by Crippen LogP contribution is 2.29. The number of imidazole rings is 1. The maximum Gasteiger partial charge on any atom is 0.490 e. The number of halogens is 5. The third-order valence-electron chi connectivity index (χ3n) is 6.40. The maximum atomic E-state index is 12.9. The number of aliphatic carboxylic acids is 1. The van der Waals surface area contributed by atoms with E-state index in [-0.39, 0.29) is 5.75 Å². The van der Waals surface area contributed by atoms with Gasteiger partial charge in [0.15, 0.2) is 0 Å². The van der Waals surface area contributed by atoms with Crippen LogP contribution in [-0.2, 0) is 11.2 Å². The quantitative estimate of drug-likeness (QED) is 0.319. The average Bonchev–Trinajstić information content (AvgIpc) is 3.22. The summed E-state index contributed by atoms with van der Waals surface area (Å²) in [5.41, 5.74) is 6.21. The summed E-state index contributed by atoms with van der Waals surface area (Å²) in [5.74, 6) is -1.85. The van der Waals surface area contributed by atoms with E-state index in [4.69, 9.17) is 19.6 Å². The third-order valence-corrected chi connectivity index (χ3v) is 6.40. The number of ether oxygens (including phenoxy) is 1. The Bertz CT molecular complexity index is 1500. The molecule has 41 heavy (non-hydrogen) atoms. The van der Waals surface area contributed by atoms with Gasteiger partial charge in [-0.2, -0.15) is 22.0 Å². The standard InChI is InChI=1S/C25H26F2N6O.C2HF3O2/c1-16-11-23-31-17(2)21(12-18-5-3-4-6-22(18)34-24(26)27)33(23)15-20(16)19-13-29-25(30-14-19)32-9-7-28-8-10-32;3-2(4,5)1(6)7/h3-6,11,13-15,24,28H,7-10,12H2,1-2H3;(H,6,7). The Hall–Kier alpha value is -4.33. The number of anilines is 1. The number of piperazine rings is 1. The van der Waals surface area contributed by atoms with Crippen LogP contribution in [0.4, 0.5) is 27.9 Å². The van der Waals surface area contributed by atoms with Crippen molar-refractivity contribution in [1.29, 1.82) is 0 Å². The zero-order chi connectivity index (χ0) is 29.7. The largest absolute Gasteiger partial charge is 0.490 e. The zero-order valence-corrected chi connectivity index (χ0v) is 22.1. The highest BCUT2D eigenvalue weighted by Gasteiger charge is 2.38. The van der Waals surface area contributed by atoms with Crippen LogP contribution < -0.4 is 15.0 Å². The summed E-state index contributed by atoms with van der Waals surface area (Å²) in [7, 11) is 0. The number of aromatic nitrogens is 4. The van der Waals surface area contributed by atoms with Gasteiger partial charge in [0.05, 0.1) is 5.69 Å². The molecule has 1 saturated heterocycles. The molecule has 1 aliphatic rings. The summed E-state index contributed by atoms with van der Waals surface area (Å²) in [6.45, 7) is 4.72. The predicted molar refractivity (Wildman–Crippen MR) is 140 cm³/mol. The van der Waals surface area contributed by atoms with Gasteiger partial charge in [-0.3, -0.25) is 0 Å². The van der Waals surface area contributed by atoms with Gasteiger partial charge >= 0.3 is 18.8 Å². The summed E-state index contributed by atoms with van der Waals surface area (Å²) >= 11 is 0. The van der Waals surface area contributed by atoms with Crippen LogP contribution in [0.3, 0.4) is 0 Å². The number of alkyl halides is 5. The Balaban J connectivity index is 0.000000493. The van der Waals surface area contributed by atoms with Gasteiger partial charge in [0.1, 0.15) is 11.4 Å². The minimum atomic E-state index is -5.08. The molecule has 0 saturated carbocycles. The van der Waals surface area contributed by atoms with Gasteiger partial charge in [-0.1, -0.05) is 18.2 Å². The molecular weight excluding hydrogens is 551 g/mol. The molecule has 0 aliphatic carbocycles. The van der Waals surface area contributed by atoms with Crippen LogP contribution >= 0.6 is 0 Å². The molecule has 4 heterocycles. The lowest BCUT2D eigenvalue weighted by Crippen LogP contribution is -2.44. The number of fused-ring (bicyclic) bond motifs is 1. The summed E-state index contributed by atoms with van der Waals surface area (Å²) in [4.78, 5) is 25.0. The molecule has 1 fully saturated rings. The lowest BCUT2D eigenvalue weighted by atomic mass is 10.1. The number of carboxylic acids is 1. The number of rotatable bonds is 6. The maximum absolute atomic E-state index is 12.9. The smallest absolute Gasteiger partial charge is 0.475 e. The van der Waals surface area contributed by atoms with E-state index in [1.54, 1.807) is 18.2 Å². The molecule has 0 atom stereocenters. The first kappa shape index (κ1) is 29.6. The Kier molecular flexibility index (Phi) is 9.01. The van der Waals surface area contributed by atoms with Crippen molar-refractivity contribution in [3.05, 3.63) is 71.4 Å². The van der Waals surface area contributed by atoms with Crippen LogP contribution in [0.15, 0.2) is 48.9 Å². The number of aryl methyl sites for hydroxylation is 2. The van der Waals surface area contributed by atoms with Gasteiger partial charge in [-0.15, -0.1) is 0 Å². The molecule has 0 amide bonds. The number of para-hydroxylation sites is 1. The van der Waals surface area contributed by atoms with Crippen LogP contribution in [0.25, 0.3) is 16.8 Å². The molecule has 14 heteroatoms. The number of pyridine rings is 1. The molecule has 3 aromatic heterocycles. The minimum Gasteiger partial charge on any atom is -0.475 e. The fourth-order valence-electron chi connectivity index (χ4n) is 4.40. The van der Waals surface area contributed by atoms with Crippen molar-refractivity contribution < 1.29 is 36.6 Å². The first-order chi connectivity index (χ1) is 19.4. The Morgan fingerprint density at radius 2 is 1.76 bits per heavy atom. The number of benzene rings is 1. The SMILES string of the molecule is Cc1cc2nc(C)c(Cc3ccccc3OC(F)F)n2cc1-c1cnc(N2CCNCC2)nc1.O=C(O)C(F)(F)F. The first-order valence-electron chi connectivity index (χ1n) is 12.5. The fourth-order valence-corrected chi connectivity index (χ4v) is 4.40. The van der Waals surface area contributed by atoms with Crippen molar-refractivity contribution in [2.24, 2.45) is 0 Å². The number of carbonyl (C=O) groups is 1. The van der Waals surface area contributed by atoms with Crippen molar-refractivity contribution in [3.8, 4) is 16.9 Å². The molecule has 5 rings (SSSR count).